The van der Waals surface area contributed by atoms with Crippen LogP contribution in [-0.2, 0) is 6.42 Å². The van der Waals surface area contributed by atoms with E-state index in [0.717, 1.165) is 31.5 Å². The van der Waals surface area contributed by atoms with Crippen LogP contribution >= 0.6 is 0 Å². The zero-order valence-corrected chi connectivity index (χ0v) is 13.3. The first-order valence-corrected chi connectivity index (χ1v) is 8.33. The Hall–Kier alpha value is -0.900. The van der Waals surface area contributed by atoms with Crippen LogP contribution in [0, 0.1) is 0 Å². The molecule has 1 saturated heterocycles. The van der Waals surface area contributed by atoms with Gasteiger partial charge in [0, 0.05) is 25.2 Å². The Morgan fingerprint density at radius 3 is 2.52 bits per heavy atom. The summed E-state index contributed by atoms with van der Waals surface area (Å²) in [6, 6.07) is 9.45. The average Bonchev–Trinajstić information content (AvgIpc) is 2.67. The minimum atomic E-state index is -0.320. The standard InChI is InChI=1S/C18H28N2O/c1-19(2)15-10-12-20(13-11-15)17-9-5-7-14-6-3-4-8-16(14)18(17)21/h3-4,6,8,15,17-18,21H,5,7,9-13H2,1-2H3. The summed E-state index contributed by atoms with van der Waals surface area (Å²) in [5.74, 6) is 0. The minimum absolute atomic E-state index is 0.303. The molecular formula is C18H28N2O. The van der Waals surface area contributed by atoms with Gasteiger partial charge in [0.1, 0.15) is 0 Å². The Kier molecular flexibility index (Phi) is 4.63. The van der Waals surface area contributed by atoms with Crippen LogP contribution in [0.2, 0.25) is 0 Å². The molecule has 2 aliphatic rings. The van der Waals surface area contributed by atoms with Gasteiger partial charge in [0.2, 0.25) is 0 Å². The van der Waals surface area contributed by atoms with E-state index in [4.69, 9.17) is 0 Å². The molecule has 116 valence electrons. The number of aliphatic hydroxyl groups excluding tert-OH is 1. The van der Waals surface area contributed by atoms with E-state index in [1.807, 2.05) is 0 Å². The van der Waals surface area contributed by atoms with E-state index in [1.54, 1.807) is 0 Å². The van der Waals surface area contributed by atoms with E-state index < -0.39 is 0 Å². The molecule has 3 rings (SSSR count). The summed E-state index contributed by atoms with van der Waals surface area (Å²) >= 11 is 0. The van der Waals surface area contributed by atoms with Gasteiger partial charge >= 0.3 is 0 Å². The fourth-order valence-corrected chi connectivity index (χ4v) is 4.03. The molecule has 0 bridgehead atoms. The van der Waals surface area contributed by atoms with Crippen molar-refractivity contribution >= 4 is 0 Å². The molecule has 0 aromatic heterocycles. The molecule has 1 aromatic carbocycles. The van der Waals surface area contributed by atoms with Crippen molar-refractivity contribution in [2.45, 2.75) is 50.3 Å². The largest absolute Gasteiger partial charge is 0.387 e. The Morgan fingerprint density at radius 1 is 1.10 bits per heavy atom. The second-order valence-corrected chi connectivity index (χ2v) is 6.83. The van der Waals surface area contributed by atoms with Crippen molar-refractivity contribution in [1.29, 1.82) is 0 Å². The highest BCUT2D eigenvalue weighted by molar-refractivity contribution is 5.31. The number of aryl methyl sites for hydroxylation is 1. The van der Waals surface area contributed by atoms with Gasteiger partial charge in [-0.25, -0.2) is 0 Å². The molecule has 0 amide bonds. The van der Waals surface area contributed by atoms with Crippen LogP contribution in [0.15, 0.2) is 24.3 Å². The summed E-state index contributed by atoms with van der Waals surface area (Å²) in [6.45, 7) is 2.24. The van der Waals surface area contributed by atoms with Crippen LogP contribution in [0.4, 0.5) is 0 Å². The van der Waals surface area contributed by atoms with Gasteiger partial charge in [-0.1, -0.05) is 24.3 Å². The number of rotatable bonds is 2. The summed E-state index contributed by atoms with van der Waals surface area (Å²) in [5.41, 5.74) is 2.51. The lowest BCUT2D eigenvalue weighted by Gasteiger charge is -2.41. The highest BCUT2D eigenvalue weighted by Gasteiger charge is 2.33. The van der Waals surface area contributed by atoms with Crippen molar-refractivity contribution in [3.8, 4) is 0 Å². The van der Waals surface area contributed by atoms with Crippen LogP contribution < -0.4 is 0 Å². The van der Waals surface area contributed by atoms with Crippen molar-refractivity contribution in [3.05, 3.63) is 35.4 Å². The van der Waals surface area contributed by atoms with E-state index in [9.17, 15) is 5.11 Å². The maximum absolute atomic E-state index is 10.9. The first-order valence-electron chi connectivity index (χ1n) is 8.33. The SMILES string of the molecule is CN(C)C1CCN(C2CCCc3ccccc3C2O)CC1. The van der Waals surface area contributed by atoms with Crippen molar-refractivity contribution in [2.75, 3.05) is 27.2 Å². The molecular weight excluding hydrogens is 260 g/mol. The predicted molar refractivity (Wildman–Crippen MR) is 86.4 cm³/mol. The number of fused-ring (bicyclic) bond motifs is 1. The number of benzene rings is 1. The number of hydrogen-bond donors (Lipinski definition) is 1. The molecule has 2 unspecified atom stereocenters. The molecule has 1 aliphatic carbocycles. The first kappa shape index (κ1) is 15.0. The number of nitrogens with zero attached hydrogens (tertiary/aromatic N) is 2. The average molecular weight is 288 g/mol. The predicted octanol–water partition coefficient (Wildman–Crippen LogP) is 2.45. The summed E-state index contributed by atoms with van der Waals surface area (Å²) in [5, 5.41) is 10.9. The molecule has 0 radical (unpaired) electrons. The zero-order valence-electron chi connectivity index (χ0n) is 13.3. The van der Waals surface area contributed by atoms with Gasteiger partial charge in [-0.15, -0.1) is 0 Å². The molecule has 2 atom stereocenters. The highest BCUT2D eigenvalue weighted by Crippen LogP contribution is 2.33. The summed E-state index contributed by atoms with van der Waals surface area (Å²) in [4.78, 5) is 4.88. The fraction of sp³-hybridized carbons (Fsp3) is 0.667. The molecule has 0 saturated carbocycles. The molecule has 0 spiro atoms. The van der Waals surface area contributed by atoms with Crippen molar-refractivity contribution < 1.29 is 5.11 Å². The lowest BCUT2D eigenvalue weighted by molar-refractivity contribution is 0.0204. The number of piperidine rings is 1. The van der Waals surface area contributed by atoms with Gasteiger partial charge in [-0.05, 0) is 57.3 Å². The van der Waals surface area contributed by atoms with Crippen LogP contribution in [0.5, 0.6) is 0 Å². The van der Waals surface area contributed by atoms with Crippen molar-refractivity contribution in [2.24, 2.45) is 0 Å². The van der Waals surface area contributed by atoms with Crippen molar-refractivity contribution in [3.63, 3.8) is 0 Å². The maximum Gasteiger partial charge on any atom is 0.0947 e. The number of hydrogen-bond acceptors (Lipinski definition) is 3. The topological polar surface area (TPSA) is 26.7 Å². The quantitative estimate of drug-likeness (QED) is 0.847. The first-order chi connectivity index (χ1) is 10.2. The third-order valence-corrected chi connectivity index (χ3v) is 5.38. The summed E-state index contributed by atoms with van der Waals surface area (Å²) < 4.78 is 0. The smallest absolute Gasteiger partial charge is 0.0947 e. The monoisotopic (exact) mass is 288 g/mol. The van der Waals surface area contributed by atoms with Crippen LogP contribution in [0.1, 0.15) is 42.9 Å². The van der Waals surface area contributed by atoms with Gasteiger partial charge in [-0.3, -0.25) is 4.90 Å². The molecule has 1 aromatic rings. The molecule has 1 fully saturated rings. The summed E-state index contributed by atoms with van der Waals surface area (Å²) in [6.07, 6.45) is 5.53. The van der Waals surface area contributed by atoms with Gasteiger partial charge < -0.3 is 10.0 Å². The molecule has 1 N–H and O–H groups in total. The Morgan fingerprint density at radius 2 is 1.81 bits per heavy atom. The fourth-order valence-electron chi connectivity index (χ4n) is 4.03. The normalized spacial score (nSPS) is 28.4. The maximum atomic E-state index is 10.9. The van der Waals surface area contributed by atoms with Crippen LogP contribution in [0.25, 0.3) is 0 Å². The molecule has 3 heteroatoms. The molecule has 21 heavy (non-hydrogen) atoms. The van der Waals surface area contributed by atoms with E-state index in [1.165, 1.54) is 24.8 Å². The zero-order chi connectivity index (χ0) is 14.8. The Labute approximate surface area is 128 Å². The van der Waals surface area contributed by atoms with E-state index >= 15 is 0 Å². The van der Waals surface area contributed by atoms with E-state index in [0.29, 0.717) is 12.1 Å². The van der Waals surface area contributed by atoms with Gasteiger partial charge in [0.05, 0.1) is 6.10 Å². The lowest BCUT2D eigenvalue weighted by atomic mass is 9.95. The van der Waals surface area contributed by atoms with Gasteiger partial charge in [0.15, 0.2) is 0 Å². The lowest BCUT2D eigenvalue weighted by Crippen LogP contribution is -2.48. The summed E-state index contributed by atoms with van der Waals surface area (Å²) in [7, 11) is 4.36. The molecule has 3 nitrogen and oxygen atoms in total. The van der Waals surface area contributed by atoms with Crippen LogP contribution in [-0.4, -0.2) is 54.2 Å². The Balaban J connectivity index is 1.72. The third kappa shape index (κ3) is 3.15. The van der Waals surface area contributed by atoms with Gasteiger partial charge in [0.25, 0.3) is 0 Å². The number of likely N-dealkylation sites (tertiary alicyclic amines) is 1. The second kappa shape index (κ2) is 6.47. The Bertz CT molecular complexity index is 466. The molecule has 1 aliphatic heterocycles. The van der Waals surface area contributed by atoms with Crippen LogP contribution in [0.3, 0.4) is 0 Å². The highest BCUT2D eigenvalue weighted by atomic mass is 16.3. The number of aliphatic hydroxyl groups is 1. The van der Waals surface area contributed by atoms with E-state index in [2.05, 4.69) is 48.2 Å². The van der Waals surface area contributed by atoms with Gasteiger partial charge in [-0.2, -0.15) is 0 Å². The minimum Gasteiger partial charge on any atom is -0.387 e. The second-order valence-electron chi connectivity index (χ2n) is 6.83. The van der Waals surface area contributed by atoms with Crippen molar-refractivity contribution in [1.82, 2.24) is 9.80 Å². The third-order valence-electron chi connectivity index (χ3n) is 5.38. The molecule has 1 heterocycles. The van der Waals surface area contributed by atoms with E-state index in [-0.39, 0.29) is 6.10 Å².